The van der Waals surface area contributed by atoms with Gasteiger partial charge in [-0.1, -0.05) is 4.49 Å². The van der Waals surface area contributed by atoms with E-state index in [0.29, 0.717) is 10.8 Å². The molecule has 0 radical (unpaired) electrons. The highest BCUT2D eigenvalue weighted by atomic mass is 32.1. The molecule has 2 N–H and O–H groups in total. The number of carbonyl (C=O) groups excluding carboxylic acids is 1. The van der Waals surface area contributed by atoms with Crippen LogP contribution in [0.4, 0.5) is 0 Å². The Hall–Kier alpha value is -1.54. The number of carbonyl (C=O) groups is 2. The molecule has 8 heteroatoms. The molecule has 0 atom stereocenters. The average Bonchev–Trinajstić information content (AvgIpc) is 3.03. The van der Waals surface area contributed by atoms with Crippen LogP contribution in [-0.4, -0.2) is 56.6 Å². The van der Waals surface area contributed by atoms with Crippen LogP contribution in [0, 0.1) is 5.92 Å². The molecule has 2 saturated carbocycles. The third-order valence-electron chi connectivity index (χ3n) is 4.08. The van der Waals surface area contributed by atoms with Crippen molar-refractivity contribution in [1.82, 2.24) is 19.8 Å². The Balaban J connectivity index is 1.46. The van der Waals surface area contributed by atoms with Gasteiger partial charge >= 0.3 is 5.97 Å². The largest absolute Gasteiger partial charge is 0.480 e. The van der Waals surface area contributed by atoms with Crippen molar-refractivity contribution in [2.45, 2.75) is 37.8 Å². The number of hydrogen-bond acceptors (Lipinski definition) is 6. The van der Waals surface area contributed by atoms with Crippen molar-refractivity contribution in [3.05, 3.63) is 11.1 Å². The van der Waals surface area contributed by atoms with Gasteiger partial charge in [0.25, 0.3) is 5.91 Å². The predicted octanol–water partition coefficient (Wildman–Crippen LogP) is 0.595. The summed E-state index contributed by atoms with van der Waals surface area (Å²) in [5.74, 6) is -0.249. The van der Waals surface area contributed by atoms with Gasteiger partial charge in [0.15, 0.2) is 0 Å². The van der Waals surface area contributed by atoms with E-state index in [0.717, 1.165) is 30.9 Å². The molecule has 2 fully saturated rings. The minimum absolute atomic E-state index is 0.0978. The summed E-state index contributed by atoms with van der Waals surface area (Å²) in [6, 6.07) is 0.395. The fourth-order valence-corrected chi connectivity index (χ4v) is 3.09. The molecular weight excluding hydrogens is 292 g/mol. The lowest BCUT2D eigenvalue weighted by Gasteiger charge is -2.42. The molecule has 2 aliphatic carbocycles. The van der Waals surface area contributed by atoms with E-state index in [4.69, 9.17) is 5.11 Å². The highest BCUT2D eigenvalue weighted by Crippen LogP contribution is 2.33. The number of rotatable bonds is 7. The summed E-state index contributed by atoms with van der Waals surface area (Å²) in [6.45, 7) is 0.969. The first-order valence-corrected chi connectivity index (χ1v) is 7.93. The maximum absolute atomic E-state index is 11.9. The van der Waals surface area contributed by atoms with Crippen LogP contribution in [0.2, 0.25) is 0 Å². The van der Waals surface area contributed by atoms with Crippen LogP contribution in [-0.2, 0) is 4.79 Å². The third-order valence-corrected chi connectivity index (χ3v) is 4.74. The zero-order chi connectivity index (χ0) is 14.8. The number of amides is 1. The number of hydrogen-bond donors (Lipinski definition) is 2. The van der Waals surface area contributed by atoms with Crippen LogP contribution in [0.5, 0.6) is 0 Å². The van der Waals surface area contributed by atoms with Crippen LogP contribution in [0.3, 0.4) is 0 Å². The number of carboxylic acid groups (broad SMARTS) is 1. The van der Waals surface area contributed by atoms with Crippen LogP contribution in [0.1, 0.15) is 35.4 Å². The maximum atomic E-state index is 11.9. The van der Waals surface area contributed by atoms with E-state index in [9.17, 15) is 9.59 Å². The van der Waals surface area contributed by atoms with Gasteiger partial charge in [-0.25, -0.2) is 0 Å². The summed E-state index contributed by atoms with van der Waals surface area (Å²) >= 11 is 1.08. The van der Waals surface area contributed by atoms with Crippen molar-refractivity contribution in [1.29, 1.82) is 0 Å². The fraction of sp³-hybridized carbons (Fsp3) is 0.692. The molecule has 0 spiro atoms. The Morgan fingerprint density at radius 2 is 2.19 bits per heavy atom. The van der Waals surface area contributed by atoms with E-state index in [2.05, 4.69) is 19.8 Å². The van der Waals surface area contributed by atoms with E-state index >= 15 is 0 Å². The molecule has 1 heterocycles. The molecule has 7 nitrogen and oxygen atoms in total. The molecule has 21 heavy (non-hydrogen) atoms. The molecule has 0 aromatic carbocycles. The molecular formula is C13H18N4O3S. The summed E-state index contributed by atoms with van der Waals surface area (Å²) in [5, 5.41) is 15.6. The Morgan fingerprint density at radius 3 is 2.76 bits per heavy atom. The second kappa shape index (κ2) is 6.07. The van der Waals surface area contributed by atoms with Gasteiger partial charge in [0.1, 0.15) is 4.88 Å². The highest BCUT2D eigenvalue weighted by Gasteiger charge is 2.37. The molecule has 0 unspecified atom stereocenters. The monoisotopic (exact) mass is 310 g/mol. The first kappa shape index (κ1) is 14.4. The minimum atomic E-state index is -0.779. The molecule has 1 aromatic rings. The second-order valence-electron chi connectivity index (χ2n) is 5.84. The summed E-state index contributed by atoms with van der Waals surface area (Å²) in [4.78, 5) is 25.4. The second-order valence-corrected chi connectivity index (χ2v) is 6.63. The van der Waals surface area contributed by atoms with E-state index in [-0.39, 0.29) is 24.5 Å². The summed E-state index contributed by atoms with van der Waals surface area (Å²) in [5.41, 5.74) is 0. The molecule has 114 valence electrons. The number of aliphatic carboxylic acids is 1. The van der Waals surface area contributed by atoms with Crippen molar-refractivity contribution in [2.24, 2.45) is 5.92 Å². The van der Waals surface area contributed by atoms with Gasteiger partial charge in [-0.3, -0.25) is 14.5 Å². The van der Waals surface area contributed by atoms with E-state index in [1.165, 1.54) is 19.0 Å². The lowest BCUT2D eigenvalue weighted by atomic mass is 9.85. The Labute approximate surface area is 126 Å². The molecule has 1 amide bonds. The van der Waals surface area contributed by atoms with Gasteiger partial charge in [0.2, 0.25) is 0 Å². The van der Waals surface area contributed by atoms with Gasteiger partial charge in [-0.2, -0.15) is 0 Å². The standard InChI is InChI=1S/C13H18N4O3S/c18-12(19)7-17(6-8-1-2-8)10-3-9(4-10)15-13(20)11-5-14-16-21-11/h5,8-10H,1-4,6-7H2,(H,15,20)(H,18,19). The van der Waals surface area contributed by atoms with Gasteiger partial charge in [-0.05, 0) is 43.1 Å². The predicted molar refractivity (Wildman–Crippen MR) is 76.1 cm³/mol. The number of carboxylic acids is 1. The van der Waals surface area contributed by atoms with Crippen LogP contribution >= 0.6 is 11.5 Å². The van der Waals surface area contributed by atoms with Gasteiger partial charge in [-0.15, -0.1) is 5.10 Å². The zero-order valence-corrected chi connectivity index (χ0v) is 12.4. The van der Waals surface area contributed by atoms with Crippen LogP contribution in [0.25, 0.3) is 0 Å². The fourth-order valence-electron chi connectivity index (χ4n) is 2.68. The zero-order valence-electron chi connectivity index (χ0n) is 11.6. The van der Waals surface area contributed by atoms with E-state index in [1.807, 2.05) is 0 Å². The smallest absolute Gasteiger partial charge is 0.317 e. The number of nitrogens with one attached hydrogen (secondary N) is 1. The van der Waals surface area contributed by atoms with Gasteiger partial charge in [0.05, 0.1) is 12.7 Å². The molecule has 0 saturated heterocycles. The van der Waals surface area contributed by atoms with Crippen molar-refractivity contribution >= 4 is 23.4 Å². The van der Waals surface area contributed by atoms with Crippen LogP contribution in [0.15, 0.2) is 6.20 Å². The molecule has 0 bridgehead atoms. The first-order chi connectivity index (χ1) is 10.1. The van der Waals surface area contributed by atoms with Crippen molar-refractivity contribution in [3.63, 3.8) is 0 Å². The summed E-state index contributed by atoms with van der Waals surface area (Å²) < 4.78 is 3.67. The Kier molecular flexibility index (Phi) is 4.16. The van der Waals surface area contributed by atoms with Crippen molar-refractivity contribution < 1.29 is 14.7 Å². The van der Waals surface area contributed by atoms with Crippen molar-refractivity contribution in [2.75, 3.05) is 13.1 Å². The number of nitrogens with zero attached hydrogens (tertiary/aromatic N) is 3. The SMILES string of the molecule is O=C(O)CN(CC1CC1)C1CC(NC(=O)c2cnns2)C1. The lowest BCUT2D eigenvalue weighted by molar-refractivity contribution is -0.139. The average molecular weight is 310 g/mol. The summed E-state index contributed by atoms with van der Waals surface area (Å²) in [6.07, 6.45) is 5.51. The van der Waals surface area contributed by atoms with Crippen molar-refractivity contribution in [3.8, 4) is 0 Å². The maximum Gasteiger partial charge on any atom is 0.317 e. The third kappa shape index (κ3) is 3.76. The minimum Gasteiger partial charge on any atom is -0.480 e. The molecule has 3 rings (SSSR count). The normalized spacial score (nSPS) is 24.6. The first-order valence-electron chi connectivity index (χ1n) is 7.16. The van der Waals surface area contributed by atoms with E-state index in [1.54, 1.807) is 0 Å². The number of aromatic nitrogens is 2. The highest BCUT2D eigenvalue weighted by molar-refractivity contribution is 7.07. The summed E-state index contributed by atoms with van der Waals surface area (Å²) in [7, 11) is 0. The van der Waals surface area contributed by atoms with E-state index < -0.39 is 5.97 Å². The Morgan fingerprint density at radius 1 is 1.43 bits per heavy atom. The van der Waals surface area contributed by atoms with Gasteiger partial charge < -0.3 is 10.4 Å². The van der Waals surface area contributed by atoms with Gasteiger partial charge in [0, 0.05) is 18.6 Å². The Bertz CT molecular complexity index is 511. The quantitative estimate of drug-likeness (QED) is 0.765. The topological polar surface area (TPSA) is 95.4 Å². The molecule has 0 aliphatic heterocycles. The lowest BCUT2D eigenvalue weighted by Crippen LogP contribution is -2.55. The molecule has 1 aromatic heterocycles. The molecule has 2 aliphatic rings. The van der Waals surface area contributed by atoms with Crippen LogP contribution < -0.4 is 5.32 Å².